The lowest BCUT2D eigenvalue weighted by Gasteiger charge is -2.09. The monoisotopic (exact) mass is 226 g/mol. The standard InChI is InChI=1S/C15H18N2/c16-12-14-7-5-4-6-13(14)10-11-17-15-8-2-1-3-9-15/h1-9,17H,10-12,16H2. The van der Waals surface area contributed by atoms with E-state index >= 15 is 0 Å². The van der Waals surface area contributed by atoms with Gasteiger partial charge in [-0.05, 0) is 29.7 Å². The van der Waals surface area contributed by atoms with Gasteiger partial charge in [-0.25, -0.2) is 0 Å². The van der Waals surface area contributed by atoms with Crippen LogP contribution in [-0.2, 0) is 13.0 Å². The van der Waals surface area contributed by atoms with Gasteiger partial charge in [-0.1, -0.05) is 42.5 Å². The van der Waals surface area contributed by atoms with Gasteiger partial charge in [0.1, 0.15) is 0 Å². The smallest absolute Gasteiger partial charge is 0.0340 e. The lowest BCUT2D eigenvalue weighted by molar-refractivity contribution is 0.960. The van der Waals surface area contributed by atoms with E-state index in [1.807, 2.05) is 24.3 Å². The van der Waals surface area contributed by atoms with Crippen molar-refractivity contribution in [2.75, 3.05) is 11.9 Å². The zero-order valence-electron chi connectivity index (χ0n) is 9.89. The quantitative estimate of drug-likeness (QED) is 0.822. The van der Waals surface area contributed by atoms with Gasteiger partial charge in [-0.15, -0.1) is 0 Å². The number of nitrogens with two attached hydrogens (primary N) is 1. The number of anilines is 1. The maximum atomic E-state index is 5.71. The average Bonchev–Trinajstić information content (AvgIpc) is 2.40. The van der Waals surface area contributed by atoms with E-state index in [9.17, 15) is 0 Å². The van der Waals surface area contributed by atoms with Crippen LogP contribution in [0.15, 0.2) is 54.6 Å². The van der Waals surface area contributed by atoms with Gasteiger partial charge < -0.3 is 11.1 Å². The van der Waals surface area contributed by atoms with Crippen LogP contribution in [0, 0.1) is 0 Å². The molecule has 0 aliphatic carbocycles. The summed E-state index contributed by atoms with van der Waals surface area (Å²) in [6.45, 7) is 1.54. The molecule has 0 aromatic heterocycles. The second kappa shape index (κ2) is 6.06. The predicted octanol–water partition coefficient (Wildman–Crippen LogP) is 2.80. The molecule has 0 heterocycles. The van der Waals surface area contributed by atoms with E-state index in [1.54, 1.807) is 0 Å². The van der Waals surface area contributed by atoms with E-state index in [-0.39, 0.29) is 0 Å². The SMILES string of the molecule is NCc1ccccc1CCNc1ccccc1. The number of para-hydroxylation sites is 1. The maximum absolute atomic E-state index is 5.71. The molecule has 0 aliphatic rings. The third-order valence-electron chi connectivity index (χ3n) is 2.84. The van der Waals surface area contributed by atoms with Crippen molar-refractivity contribution in [3.63, 3.8) is 0 Å². The first-order valence-electron chi connectivity index (χ1n) is 5.96. The van der Waals surface area contributed by atoms with Gasteiger partial charge in [0.05, 0.1) is 0 Å². The minimum atomic E-state index is 0.613. The molecule has 0 amide bonds. The van der Waals surface area contributed by atoms with Crippen LogP contribution in [0.3, 0.4) is 0 Å². The third kappa shape index (κ3) is 3.33. The van der Waals surface area contributed by atoms with Crippen LogP contribution in [-0.4, -0.2) is 6.54 Å². The van der Waals surface area contributed by atoms with Crippen LogP contribution in [0.25, 0.3) is 0 Å². The maximum Gasteiger partial charge on any atom is 0.0340 e. The molecular formula is C15H18N2. The third-order valence-corrected chi connectivity index (χ3v) is 2.84. The molecule has 3 N–H and O–H groups in total. The van der Waals surface area contributed by atoms with Gasteiger partial charge in [-0.3, -0.25) is 0 Å². The fourth-order valence-electron chi connectivity index (χ4n) is 1.90. The Morgan fingerprint density at radius 3 is 2.18 bits per heavy atom. The summed E-state index contributed by atoms with van der Waals surface area (Å²) in [7, 11) is 0. The second-order valence-corrected chi connectivity index (χ2v) is 4.02. The molecule has 0 aliphatic heterocycles. The summed E-state index contributed by atoms with van der Waals surface area (Å²) < 4.78 is 0. The van der Waals surface area contributed by atoms with Gasteiger partial charge in [0.15, 0.2) is 0 Å². The lowest BCUT2D eigenvalue weighted by Crippen LogP contribution is -2.08. The molecule has 88 valence electrons. The summed E-state index contributed by atoms with van der Waals surface area (Å²) in [5, 5.41) is 3.40. The molecule has 0 saturated carbocycles. The number of rotatable bonds is 5. The zero-order valence-corrected chi connectivity index (χ0v) is 9.89. The Hall–Kier alpha value is -1.80. The van der Waals surface area contributed by atoms with Crippen molar-refractivity contribution >= 4 is 5.69 Å². The summed E-state index contributed by atoms with van der Waals surface area (Å²) in [5.74, 6) is 0. The minimum Gasteiger partial charge on any atom is -0.385 e. The first kappa shape index (κ1) is 11.7. The Balaban J connectivity index is 1.90. The van der Waals surface area contributed by atoms with Crippen LogP contribution in [0.2, 0.25) is 0 Å². The molecule has 0 bridgehead atoms. The van der Waals surface area contributed by atoms with Crippen molar-refractivity contribution in [2.45, 2.75) is 13.0 Å². The van der Waals surface area contributed by atoms with Crippen molar-refractivity contribution < 1.29 is 0 Å². The topological polar surface area (TPSA) is 38.0 Å². The molecule has 0 radical (unpaired) electrons. The van der Waals surface area contributed by atoms with Crippen LogP contribution in [0.5, 0.6) is 0 Å². The van der Waals surface area contributed by atoms with E-state index in [2.05, 4.69) is 35.6 Å². The molecule has 2 rings (SSSR count). The summed E-state index contributed by atoms with van der Waals surface area (Å²) in [6, 6.07) is 18.6. The fourth-order valence-corrected chi connectivity index (χ4v) is 1.90. The zero-order chi connectivity index (χ0) is 11.9. The van der Waals surface area contributed by atoms with Crippen LogP contribution >= 0.6 is 0 Å². The normalized spacial score (nSPS) is 10.2. The molecule has 17 heavy (non-hydrogen) atoms. The lowest BCUT2D eigenvalue weighted by atomic mass is 10.0. The van der Waals surface area contributed by atoms with Crippen LogP contribution in [0.1, 0.15) is 11.1 Å². The molecule has 2 nitrogen and oxygen atoms in total. The first-order chi connectivity index (χ1) is 8.40. The van der Waals surface area contributed by atoms with Gasteiger partial charge in [-0.2, -0.15) is 0 Å². The largest absolute Gasteiger partial charge is 0.385 e. The molecule has 2 heteroatoms. The highest BCUT2D eigenvalue weighted by atomic mass is 14.9. The highest BCUT2D eigenvalue weighted by Crippen LogP contribution is 2.10. The average molecular weight is 226 g/mol. The highest BCUT2D eigenvalue weighted by molar-refractivity contribution is 5.42. The molecule has 0 fully saturated rings. The number of benzene rings is 2. The highest BCUT2D eigenvalue weighted by Gasteiger charge is 1.99. The van der Waals surface area contributed by atoms with Gasteiger partial charge in [0, 0.05) is 18.8 Å². The Morgan fingerprint density at radius 1 is 0.824 bits per heavy atom. The molecule has 0 atom stereocenters. The van der Waals surface area contributed by atoms with Gasteiger partial charge in [0.25, 0.3) is 0 Å². The second-order valence-electron chi connectivity index (χ2n) is 4.02. The molecular weight excluding hydrogens is 208 g/mol. The summed E-state index contributed by atoms with van der Waals surface area (Å²) in [5.41, 5.74) is 9.45. The van der Waals surface area contributed by atoms with Crippen molar-refractivity contribution in [3.05, 3.63) is 65.7 Å². The van der Waals surface area contributed by atoms with E-state index in [4.69, 9.17) is 5.73 Å². The molecule has 0 saturated heterocycles. The van der Waals surface area contributed by atoms with Crippen molar-refractivity contribution in [1.82, 2.24) is 0 Å². The molecule has 2 aromatic rings. The fraction of sp³-hybridized carbons (Fsp3) is 0.200. The van der Waals surface area contributed by atoms with E-state index in [0.717, 1.165) is 18.7 Å². The Bertz CT molecular complexity index is 451. The molecule has 0 unspecified atom stereocenters. The number of nitrogens with one attached hydrogen (secondary N) is 1. The van der Waals surface area contributed by atoms with Crippen molar-refractivity contribution in [2.24, 2.45) is 5.73 Å². The Labute approximate surface area is 102 Å². The Morgan fingerprint density at radius 2 is 1.47 bits per heavy atom. The minimum absolute atomic E-state index is 0.613. The Kier molecular flexibility index (Phi) is 4.17. The summed E-state index contributed by atoms with van der Waals surface area (Å²) in [6.07, 6.45) is 1.00. The van der Waals surface area contributed by atoms with Gasteiger partial charge >= 0.3 is 0 Å². The molecule has 2 aromatic carbocycles. The summed E-state index contributed by atoms with van der Waals surface area (Å²) >= 11 is 0. The van der Waals surface area contributed by atoms with Crippen LogP contribution in [0.4, 0.5) is 5.69 Å². The molecule has 0 spiro atoms. The van der Waals surface area contributed by atoms with Gasteiger partial charge in [0.2, 0.25) is 0 Å². The van der Waals surface area contributed by atoms with E-state index in [0.29, 0.717) is 6.54 Å². The van der Waals surface area contributed by atoms with E-state index < -0.39 is 0 Å². The van der Waals surface area contributed by atoms with E-state index in [1.165, 1.54) is 11.1 Å². The predicted molar refractivity (Wildman–Crippen MR) is 73.0 cm³/mol. The van der Waals surface area contributed by atoms with Crippen LogP contribution < -0.4 is 11.1 Å². The van der Waals surface area contributed by atoms with Crippen molar-refractivity contribution in [1.29, 1.82) is 0 Å². The first-order valence-corrected chi connectivity index (χ1v) is 5.96. The summed E-state index contributed by atoms with van der Waals surface area (Å²) in [4.78, 5) is 0. The van der Waals surface area contributed by atoms with Crippen molar-refractivity contribution in [3.8, 4) is 0 Å². The number of hydrogen-bond acceptors (Lipinski definition) is 2. The number of hydrogen-bond donors (Lipinski definition) is 2.